The molecule has 0 aliphatic rings. The first-order chi connectivity index (χ1) is 10.3. The van der Waals surface area contributed by atoms with Gasteiger partial charge in [0.1, 0.15) is 5.75 Å². The van der Waals surface area contributed by atoms with Crippen LogP contribution >= 0.6 is 11.6 Å². The molecule has 2 rings (SSSR count). The van der Waals surface area contributed by atoms with Gasteiger partial charge in [-0.05, 0) is 46.4 Å². The number of halogens is 1. The molecule has 0 saturated carbocycles. The number of ether oxygens (including phenoxy) is 1. The summed E-state index contributed by atoms with van der Waals surface area (Å²) in [5, 5.41) is 11.2. The topological polar surface area (TPSA) is 58.3 Å². The van der Waals surface area contributed by atoms with Crippen LogP contribution in [0.1, 0.15) is 5.69 Å². The summed E-state index contributed by atoms with van der Waals surface area (Å²) in [6, 6.07) is 11.0. The average Bonchev–Trinajstić information content (AvgIpc) is 2.53. The maximum absolute atomic E-state index is 8.89. The van der Waals surface area contributed by atoms with Crippen molar-refractivity contribution in [1.29, 1.82) is 5.26 Å². The van der Waals surface area contributed by atoms with Crippen LogP contribution in [0.15, 0.2) is 57.3 Å². The van der Waals surface area contributed by atoms with E-state index in [2.05, 4.69) is 9.35 Å². The van der Waals surface area contributed by atoms with Gasteiger partial charge in [-0.2, -0.15) is 5.26 Å². The predicted molar refractivity (Wildman–Crippen MR) is 84.9 cm³/mol. The fourth-order valence-electron chi connectivity index (χ4n) is 1.64. The Morgan fingerprint density at radius 1 is 1.33 bits per heavy atom. The third-order valence-electron chi connectivity index (χ3n) is 2.58. The Bertz CT molecular complexity index is 738. The SMILES string of the molecule is COc1ccccc1S(/C=C/c1ncccc1Cl)=NC#N. The van der Waals surface area contributed by atoms with Crippen molar-refractivity contribution in [3.8, 4) is 11.9 Å². The Hall–Kier alpha value is -2.16. The summed E-state index contributed by atoms with van der Waals surface area (Å²) < 4.78 is 9.25. The first-order valence-electron chi connectivity index (χ1n) is 6.01. The molecule has 1 aromatic carbocycles. The van der Waals surface area contributed by atoms with E-state index < -0.39 is 10.7 Å². The van der Waals surface area contributed by atoms with Crippen molar-refractivity contribution in [2.45, 2.75) is 4.90 Å². The van der Waals surface area contributed by atoms with Gasteiger partial charge >= 0.3 is 0 Å². The summed E-state index contributed by atoms with van der Waals surface area (Å²) in [6.45, 7) is 0. The molecule has 6 heteroatoms. The molecule has 4 nitrogen and oxygen atoms in total. The lowest BCUT2D eigenvalue weighted by atomic mass is 10.3. The number of nitriles is 1. The van der Waals surface area contributed by atoms with Crippen LogP contribution < -0.4 is 4.74 Å². The average molecular weight is 318 g/mol. The van der Waals surface area contributed by atoms with Gasteiger partial charge in [0.2, 0.25) is 6.19 Å². The van der Waals surface area contributed by atoms with Crippen molar-refractivity contribution < 1.29 is 4.74 Å². The lowest BCUT2D eigenvalue weighted by molar-refractivity contribution is 0.404. The fraction of sp³-hybridized carbons (Fsp3) is 0.0667. The molecule has 21 heavy (non-hydrogen) atoms. The van der Waals surface area contributed by atoms with Crippen molar-refractivity contribution in [2.75, 3.05) is 7.11 Å². The zero-order valence-corrected chi connectivity index (χ0v) is 12.8. The van der Waals surface area contributed by atoms with E-state index in [1.165, 1.54) is 0 Å². The highest BCUT2D eigenvalue weighted by molar-refractivity contribution is 7.90. The monoisotopic (exact) mass is 317 g/mol. The number of nitrogens with zero attached hydrogens (tertiary/aromatic N) is 3. The van der Waals surface area contributed by atoms with Crippen molar-refractivity contribution in [3.63, 3.8) is 0 Å². The quantitative estimate of drug-likeness (QED) is 0.799. The standard InChI is InChI=1S/C15H12ClN3OS/c1-20-14-6-2-3-7-15(14)21(19-11-17)10-8-13-12(16)5-4-9-18-13/h2-10H,1H3/b10-8+. The molecule has 1 aromatic heterocycles. The molecule has 0 aliphatic carbocycles. The second kappa shape index (κ2) is 7.58. The Balaban J connectivity index is 2.40. The smallest absolute Gasteiger partial charge is 0.212 e. The van der Waals surface area contributed by atoms with Gasteiger partial charge in [0, 0.05) is 6.20 Å². The Morgan fingerprint density at radius 3 is 2.86 bits per heavy atom. The van der Waals surface area contributed by atoms with E-state index in [1.807, 2.05) is 30.5 Å². The van der Waals surface area contributed by atoms with Gasteiger partial charge in [0.25, 0.3) is 0 Å². The second-order valence-corrected chi connectivity index (χ2v) is 5.76. The number of benzene rings is 1. The Labute approximate surface area is 130 Å². The van der Waals surface area contributed by atoms with E-state index in [0.717, 1.165) is 4.90 Å². The van der Waals surface area contributed by atoms with Gasteiger partial charge in [0.15, 0.2) is 0 Å². The van der Waals surface area contributed by atoms with Crippen LogP contribution in [-0.4, -0.2) is 12.1 Å². The largest absolute Gasteiger partial charge is 0.496 e. The molecule has 0 radical (unpaired) electrons. The number of aromatic nitrogens is 1. The molecule has 0 saturated heterocycles. The maximum Gasteiger partial charge on any atom is 0.212 e. The van der Waals surface area contributed by atoms with Crippen molar-refractivity contribution >= 4 is 28.4 Å². The Kier molecular flexibility index (Phi) is 5.50. The number of hydrogen-bond acceptors (Lipinski definition) is 4. The van der Waals surface area contributed by atoms with E-state index in [4.69, 9.17) is 21.6 Å². The maximum atomic E-state index is 8.89. The molecule has 0 aliphatic heterocycles. The first-order valence-corrected chi connectivity index (χ1v) is 7.63. The van der Waals surface area contributed by atoms with Gasteiger partial charge in [-0.25, -0.2) is 0 Å². The van der Waals surface area contributed by atoms with Crippen molar-refractivity contribution in [3.05, 3.63) is 58.7 Å². The van der Waals surface area contributed by atoms with E-state index in [9.17, 15) is 0 Å². The summed E-state index contributed by atoms with van der Waals surface area (Å²) in [6.07, 6.45) is 5.27. The molecular weight excluding hydrogens is 306 g/mol. The molecular formula is C15H12ClN3OS. The number of para-hydroxylation sites is 1. The van der Waals surface area contributed by atoms with Crippen LogP contribution in [0, 0.1) is 11.5 Å². The second-order valence-electron chi connectivity index (χ2n) is 3.83. The van der Waals surface area contributed by atoms with Gasteiger partial charge in [0.05, 0.1) is 22.7 Å². The van der Waals surface area contributed by atoms with Crippen LogP contribution in [0.2, 0.25) is 5.02 Å². The fourth-order valence-corrected chi connectivity index (χ4v) is 3.05. The molecule has 0 amide bonds. The third-order valence-corrected chi connectivity index (χ3v) is 4.36. The highest BCUT2D eigenvalue weighted by Gasteiger charge is 2.06. The summed E-state index contributed by atoms with van der Waals surface area (Å²) in [5.41, 5.74) is 0.639. The zero-order chi connectivity index (χ0) is 15.1. The van der Waals surface area contributed by atoms with E-state index >= 15 is 0 Å². The summed E-state index contributed by atoms with van der Waals surface area (Å²) in [4.78, 5) is 5.01. The molecule has 0 spiro atoms. The van der Waals surface area contributed by atoms with E-state index in [0.29, 0.717) is 16.5 Å². The predicted octanol–water partition coefficient (Wildman–Crippen LogP) is 4.06. The van der Waals surface area contributed by atoms with E-state index in [-0.39, 0.29) is 0 Å². The van der Waals surface area contributed by atoms with Gasteiger partial charge in [-0.15, -0.1) is 4.36 Å². The van der Waals surface area contributed by atoms with Crippen molar-refractivity contribution in [2.24, 2.45) is 4.36 Å². The lowest BCUT2D eigenvalue weighted by Crippen LogP contribution is -1.93. The molecule has 0 bridgehead atoms. The summed E-state index contributed by atoms with van der Waals surface area (Å²) >= 11 is 6.06. The van der Waals surface area contributed by atoms with Gasteiger partial charge in [-0.3, -0.25) is 4.98 Å². The highest BCUT2D eigenvalue weighted by atomic mass is 35.5. The van der Waals surface area contributed by atoms with Crippen LogP contribution in [0.4, 0.5) is 0 Å². The third kappa shape index (κ3) is 3.91. The highest BCUT2D eigenvalue weighted by Crippen LogP contribution is 2.24. The number of pyridine rings is 1. The van der Waals surface area contributed by atoms with Gasteiger partial charge < -0.3 is 4.74 Å². The minimum Gasteiger partial charge on any atom is -0.496 e. The molecule has 1 heterocycles. The number of rotatable bonds is 4. The molecule has 2 aromatic rings. The minimum atomic E-state index is -0.748. The Morgan fingerprint density at radius 2 is 2.14 bits per heavy atom. The molecule has 106 valence electrons. The minimum absolute atomic E-state index is 0.550. The zero-order valence-electron chi connectivity index (χ0n) is 11.2. The summed E-state index contributed by atoms with van der Waals surface area (Å²) in [7, 11) is 0.841. The molecule has 1 unspecified atom stereocenters. The first kappa shape index (κ1) is 15.2. The lowest BCUT2D eigenvalue weighted by Gasteiger charge is -2.07. The molecule has 0 N–H and O–H groups in total. The van der Waals surface area contributed by atoms with E-state index in [1.54, 1.807) is 36.9 Å². The summed E-state index contributed by atoms with van der Waals surface area (Å²) in [5.74, 6) is 0.691. The van der Waals surface area contributed by atoms with Crippen LogP contribution in [0.3, 0.4) is 0 Å². The van der Waals surface area contributed by atoms with Crippen LogP contribution in [0.25, 0.3) is 6.08 Å². The van der Waals surface area contributed by atoms with Crippen LogP contribution in [-0.2, 0) is 10.7 Å². The van der Waals surface area contributed by atoms with Gasteiger partial charge in [-0.1, -0.05) is 23.7 Å². The van der Waals surface area contributed by atoms with Crippen molar-refractivity contribution in [1.82, 2.24) is 4.98 Å². The number of hydrogen-bond donors (Lipinski definition) is 0. The normalized spacial score (nSPS) is 12.2. The van der Waals surface area contributed by atoms with Crippen LogP contribution in [0.5, 0.6) is 5.75 Å². The molecule has 0 fully saturated rings. The molecule has 1 atom stereocenters. The number of methoxy groups -OCH3 is 1.